The molecule has 0 N–H and O–H groups in total. The summed E-state index contributed by atoms with van der Waals surface area (Å²) < 4.78 is 56.0. The lowest BCUT2D eigenvalue weighted by Crippen LogP contribution is -2.28. The highest BCUT2D eigenvalue weighted by Crippen LogP contribution is 2.57. The van der Waals surface area contributed by atoms with Crippen molar-refractivity contribution in [3.8, 4) is 16.9 Å². The van der Waals surface area contributed by atoms with E-state index in [1.54, 1.807) is 44.2 Å². The van der Waals surface area contributed by atoms with E-state index in [0.717, 1.165) is 25.7 Å². The van der Waals surface area contributed by atoms with Gasteiger partial charge < -0.3 is 13.2 Å². The van der Waals surface area contributed by atoms with Gasteiger partial charge in [-0.15, -0.1) is 0 Å². The molecule has 0 bridgehead atoms. The van der Waals surface area contributed by atoms with Gasteiger partial charge in [0.05, 0.1) is 13.2 Å². The third kappa shape index (κ3) is 8.82. The summed E-state index contributed by atoms with van der Waals surface area (Å²) in [5.74, 6) is 0.172. The van der Waals surface area contributed by atoms with Crippen molar-refractivity contribution in [1.82, 2.24) is 0 Å². The molecule has 0 heterocycles. The predicted molar refractivity (Wildman–Crippen MR) is 149 cm³/mol. The molecule has 1 atom stereocenters. The van der Waals surface area contributed by atoms with Crippen molar-refractivity contribution >= 4 is 17.7 Å². The molecule has 37 heavy (non-hydrogen) atoms. The fourth-order valence-corrected chi connectivity index (χ4v) is 8.52. The van der Waals surface area contributed by atoms with E-state index in [2.05, 4.69) is 36.4 Å². The number of hydrogen-bond acceptors (Lipinski definition) is 6. The van der Waals surface area contributed by atoms with Gasteiger partial charge in [0.15, 0.2) is 4.99 Å². The van der Waals surface area contributed by atoms with E-state index in [0.29, 0.717) is 6.42 Å². The lowest BCUT2D eigenvalue weighted by atomic mass is 10.0. The zero-order valence-electron chi connectivity index (χ0n) is 21.6. The first-order chi connectivity index (χ1) is 17.9. The topological polar surface area (TPSA) is 78.9 Å². The molecule has 1 unspecified atom stereocenters. The Morgan fingerprint density at radius 2 is 1.24 bits per heavy atom. The van der Waals surface area contributed by atoms with Crippen LogP contribution in [0.4, 0.5) is 0 Å². The van der Waals surface area contributed by atoms with E-state index in [9.17, 15) is 13.0 Å². The molecular weight excluding hydrogens is 507 g/mol. The van der Waals surface area contributed by atoms with Gasteiger partial charge in [0.1, 0.15) is 5.75 Å². The first-order valence-electron chi connectivity index (χ1n) is 12.9. The Balaban J connectivity index is 1.55. The summed E-state index contributed by atoms with van der Waals surface area (Å²) >= 11 is 0. The van der Waals surface area contributed by atoms with Gasteiger partial charge in [-0.25, -0.2) is 0 Å². The summed E-state index contributed by atoms with van der Waals surface area (Å²) in [4.78, 5) is -1.38. The maximum absolute atomic E-state index is 13.5. The molecule has 0 aliphatic rings. The fourth-order valence-electron chi connectivity index (χ4n) is 4.19. The lowest BCUT2D eigenvalue weighted by molar-refractivity contribution is 0.215. The standard InChI is InChI=1S/C29H37O6PS/c1-3-33-36(30,34-4-2)29(37(31,32)35-28-18-12-8-13-19-28)20-14-6-5-9-15-25-21-23-27(24-22-25)26-16-10-7-11-17-26/h7-8,10-13,16-19,21-24,29H,3-6,9,14-15,20H2,1-2H3. The van der Waals surface area contributed by atoms with E-state index in [-0.39, 0.29) is 25.4 Å². The van der Waals surface area contributed by atoms with Crippen molar-refractivity contribution in [3.05, 3.63) is 90.5 Å². The van der Waals surface area contributed by atoms with Crippen LogP contribution < -0.4 is 4.18 Å². The normalized spacial score (nSPS) is 12.8. The van der Waals surface area contributed by atoms with Crippen molar-refractivity contribution in [2.75, 3.05) is 13.2 Å². The second-order valence-electron chi connectivity index (χ2n) is 8.74. The Morgan fingerprint density at radius 3 is 1.84 bits per heavy atom. The van der Waals surface area contributed by atoms with E-state index in [1.165, 1.54) is 16.7 Å². The highest BCUT2D eigenvalue weighted by atomic mass is 32.2. The summed E-state index contributed by atoms with van der Waals surface area (Å²) in [5.41, 5.74) is 3.67. The van der Waals surface area contributed by atoms with Crippen molar-refractivity contribution < 1.29 is 26.2 Å². The smallest absolute Gasteiger partial charge is 0.352 e. The summed E-state index contributed by atoms with van der Waals surface area (Å²) in [7, 11) is -8.19. The zero-order valence-corrected chi connectivity index (χ0v) is 23.3. The van der Waals surface area contributed by atoms with Crippen LogP contribution in [0.25, 0.3) is 11.1 Å². The molecule has 200 valence electrons. The number of unbranched alkanes of at least 4 members (excludes halogenated alkanes) is 3. The van der Waals surface area contributed by atoms with Gasteiger partial charge >= 0.3 is 17.7 Å². The van der Waals surface area contributed by atoms with Crippen LogP contribution in [-0.2, 0) is 30.2 Å². The molecule has 0 fully saturated rings. The number of aryl methyl sites for hydroxylation is 1. The van der Waals surface area contributed by atoms with Gasteiger partial charge in [-0.3, -0.25) is 4.57 Å². The molecule has 0 spiro atoms. The Bertz CT molecular complexity index is 1200. The van der Waals surface area contributed by atoms with Crippen LogP contribution in [0.3, 0.4) is 0 Å². The minimum atomic E-state index is -4.25. The van der Waals surface area contributed by atoms with E-state index in [1.807, 2.05) is 18.2 Å². The van der Waals surface area contributed by atoms with Crippen LogP contribution in [0.2, 0.25) is 0 Å². The lowest BCUT2D eigenvalue weighted by Gasteiger charge is -2.25. The van der Waals surface area contributed by atoms with Gasteiger partial charge in [0.25, 0.3) is 0 Å². The summed E-state index contributed by atoms with van der Waals surface area (Å²) in [5, 5.41) is 0. The molecule has 0 aliphatic heterocycles. The second kappa shape index (κ2) is 14.5. The Hall–Kier alpha value is -2.44. The largest absolute Gasteiger partial charge is 0.382 e. The number of para-hydroxylation sites is 1. The van der Waals surface area contributed by atoms with E-state index < -0.39 is 22.7 Å². The van der Waals surface area contributed by atoms with Crippen molar-refractivity contribution in [1.29, 1.82) is 0 Å². The third-order valence-electron chi connectivity index (χ3n) is 5.99. The van der Waals surface area contributed by atoms with E-state index >= 15 is 0 Å². The highest BCUT2D eigenvalue weighted by molar-refractivity contribution is 7.95. The zero-order chi connectivity index (χ0) is 26.6. The van der Waals surface area contributed by atoms with Crippen LogP contribution in [0.1, 0.15) is 51.5 Å². The summed E-state index contributed by atoms with van der Waals surface area (Å²) in [6, 6.07) is 27.1. The third-order valence-corrected chi connectivity index (χ3v) is 11.1. The molecule has 3 aromatic carbocycles. The minimum Gasteiger partial charge on any atom is -0.382 e. The van der Waals surface area contributed by atoms with Crippen molar-refractivity contribution in [2.24, 2.45) is 0 Å². The maximum atomic E-state index is 13.5. The Kier molecular flexibility index (Phi) is 11.4. The molecule has 3 aromatic rings. The molecule has 0 saturated heterocycles. The van der Waals surface area contributed by atoms with Crippen molar-refractivity contribution in [2.45, 2.75) is 57.4 Å². The SMILES string of the molecule is CCOP(=O)(OCC)C(CCCCCCc1ccc(-c2ccccc2)cc1)S(=O)(=O)Oc1ccccc1. The van der Waals surface area contributed by atoms with Gasteiger partial charge in [-0.1, -0.05) is 92.1 Å². The number of rotatable bonds is 16. The van der Waals surface area contributed by atoms with Gasteiger partial charge in [-0.2, -0.15) is 8.42 Å². The van der Waals surface area contributed by atoms with Crippen LogP contribution in [0.15, 0.2) is 84.9 Å². The average Bonchev–Trinajstić information content (AvgIpc) is 2.89. The molecule has 0 amide bonds. The van der Waals surface area contributed by atoms with Gasteiger partial charge in [0.2, 0.25) is 0 Å². The molecule has 6 nitrogen and oxygen atoms in total. The van der Waals surface area contributed by atoms with Crippen molar-refractivity contribution in [3.63, 3.8) is 0 Å². The van der Waals surface area contributed by atoms with Crippen LogP contribution >= 0.6 is 7.60 Å². The molecule has 8 heteroatoms. The average molecular weight is 545 g/mol. The van der Waals surface area contributed by atoms with Gasteiger partial charge in [-0.05, 0) is 61.9 Å². The first kappa shape index (κ1) is 29.1. The van der Waals surface area contributed by atoms with Crippen LogP contribution in [0, 0.1) is 0 Å². The Morgan fingerprint density at radius 1 is 0.703 bits per heavy atom. The summed E-state index contributed by atoms with van der Waals surface area (Å²) in [6.07, 6.45) is 4.37. The second-order valence-corrected chi connectivity index (χ2v) is 13.0. The van der Waals surface area contributed by atoms with E-state index in [4.69, 9.17) is 13.2 Å². The van der Waals surface area contributed by atoms with Crippen LogP contribution in [-0.4, -0.2) is 26.6 Å². The molecule has 0 radical (unpaired) electrons. The minimum absolute atomic E-state index is 0.0810. The summed E-state index contributed by atoms with van der Waals surface area (Å²) in [6.45, 7) is 3.50. The highest BCUT2D eigenvalue weighted by Gasteiger charge is 2.46. The predicted octanol–water partition coefficient (Wildman–Crippen LogP) is 7.85. The van der Waals surface area contributed by atoms with Crippen LogP contribution in [0.5, 0.6) is 5.75 Å². The first-order valence-corrected chi connectivity index (χ1v) is 16.0. The number of hydrogen-bond donors (Lipinski definition) is 0. The molecule has 0 saturated carbocycles. The Labute approximate surface area is 221 Å². The molecule has 0 aliphatic carbocycles. The molecule has 3 rings (SSSR count). The fraction of sp³-hybridized carbons (Fsp3) is 0.379. The molecular formula is C29H37O6PS. The van der Waals surface area contributed by atoms with Gasteiger partial charge in [0, 0.05) is 0 Å². The number of benzene rings is 3. The monoisotopic (exact) mass is 544 g/mol. The quantitative estimate of drug-likeness (QED) is 0.104. The molecule has 0 aromatic heterocycles. The maximum Gasteiger partial charge on any atom is 0.352 e.